The Labute approximate surface area is 224 Å². The Hall–Kier alpha value is -4.39. The van der Waals surface area contributed by atoms with E-state index in [0.717, 1.165) is 41.8 Å². The van der Waals surface area contributed by atoms with Gasteiger partial charge in [0.15, 0.2) is 0 Å². The Bertz CT molecular complexity index is 1350. The normalized spacial score (nSPS) is 10.7. The van der Waals surface area contributed by atoms with Gasteiger partial charge in [-0.25, -0.2) is 9.48 Å². The zero-order chi connectivity index (χ0) is 26.9. The van der Waals surface area contributed by atoms with E-state index < -0.39 is 0 Å². The van der Waals surface area contributed by atoms with Crippen molar-refractivity contribution in [1.29, 1.82) is 0 Å². The zero-order valence-electron chi connectivity index (χ0n) is 22.3. The highest BCUT2D eigenvalue weighted by Gasteiger charge is 2.19. The average Bonchev–Trinajstić information content (AvgIpc) is 3.35. The molecule has 0 unspecified atom stereocenters. The molecule has 0 fully saturated rings. The van der Waals surface area contributed by atoms with Crippen LogP contribution in [0, 0.1) is 6.92 Å². The van der Waals surface area contributed by atoms with E-state index in [1.807, 2.05) is 91.9 Å². The van der Waals surface area contributed by atoms with Gasteiger partial charge in [-0.05, 0) is 49.6 Å². The number of amides is 3. The summed E-state index contributed by atoms with van der Waals surface area (Å²) < 4.78 is 1.73. The number of nitrogens with zero attached hydrogens (tertiary/aromatic N) is 3. The van der Waals surface area contributed by atoms with Gasteiger partial charge in [0.2, 0.25) is 5.91 Å². The van der Waals surface area contributed by atoms with Gasteiger partial charge in [-0.2, -0.15) is 5.10 Å². The second kappa shape index (κ2) is 12.7. The first-order chi connectivity index (χ1) is 18.5. The molecule has 196 valence electrons. The van der Waals surface area contributed by atoms with Gasteiger partial charge in [-0.3, -0.25) is 4.79 Å². The number of hydrogen-bond acceptors (Lipinski definition) is 3. The van der Waals surface area contributed by atoms with E-state index in [-0.39, 0.29) is 18.5 Å². The highest BCUT2D eigenvalue weighted by Crippen LogP contribution is 2.25. The van der Waals surface area contributed by atoms with Gasteiger partial charge >= 0.3 is 6.03 Å². The molecule has 0 aliphatic rings. The van der Waals surface area contributed by atoms with Gasteiger partial charge < -0.3 is 15.5 Å². The molecule has 0 saturated heterocycles. The molecule has 4 aromatic rings. The fourth-order valence-corrected chi connectivity index (χ4v) is 4.09. The van der Waals surface area contributed by atoms with E-state index >= 15 is 0 Å². The molecule has 38 heavy (non-hydrogen) atoms. The smallest absolute Gasteiger partial charge is 0.315 e. The molecule has 3 amide bonds. The summed E-state index contributed by atoms with van der Waals surface area (Å²) in [7, 11) is 0. The van der Waals surface area contributed by atoms with E-state index in [9.17, 15) is 9.59 Å². The summed E-state index contributed by atoms with van der Waals surface area (Å²) in [5.41, 5.74) is 5.58. The number of benzene rings is 3. The molecule has 0 saturated carbocycles. The van der Waals surface area contributed by atoms with Gasteiger partial charge in [-0.1, -0.05) is 80.4 Å². The monoisotopic (exact) mass is 509 g/mol. The van der Waals surface area contributed by atoms with Crippen LogP contribution in [0.3, 0.4) is 0 Å². The molecular formula is C31H35N5O2. The molecule has 1 aromatic heterocycles. The third-order valence-electron chi connectivity index (χ3n) is 6.34. The molecule has 4 rings (SSSR count). The first-order valence-corrected chi connectivity index (χ1v) is 13.1. The fourth-order valence-electron chi connectivity index (χ4n) is 4.09. The summed E-state index contributed by atoms with van der Waals surface area (Å²) in [4.78, 5) is 27.9. The summed E-state index contributed by atoms with van der Waals surface area (Å²) in [5.74, 6) is 0.258. The van der Waals surface area contributed by atoms with Crippen LogP contribution in [0.25, 0.3) is 16.9 Å². The Morgan fingerprint density at radius 2 is 1.61 bits per heavy atom. The summed E-state index contributed by atoms with van der Waals surface area (Å²) in [6, 6.07) is 27.1. The number of hydrogen-bond donors (Lipinski definition) is 2. The third-order valence-corrected chi connectivity index (χ3v) is 6.34. The average molecular weight is 510 g/mol. The van der Waals surface area contributed by atoms with Gasteiger partial charge in [0.1, 0.15) is 12.4 Å². The van der Waals surface area contributed by atoms with Gasteiger partial charge in [0.05, 0.1) is 11.4 Å². The molecule has 0 radical (unpaired) electrons. The van der Waals surface area contributed by atoms with Crippen LogP contribution >= 0.6 is 0 Å². The van der Waals surface area contributed by atoms with E-state index in [4.69, 9.17) is 5.10 Å². The standard InChI is InChI=1S/C31H35N5O2/c1-4-6-20-35(31(38)32-26-16-14-24(5-2)15-17-26)22-30(37)33-29-21-28(25-10-8-7-9-11-25)34-36(29)27-18-12-23(3)13-19-27/h7-19,21H,4-6,20,22H2,1-3H3,(H,32,38)(H,33,37). The number of nitrogens with one attached hydrogen (secondary N) is 2. The van der Waals surface area contributed by atoms with Crippen LogP contribution in [0.2, 0.25) is 0 Å². The number of aromatic nitrogens is 2. The van der Waals surface area contributed by atoms with Crippen molar-refractivity contribution in [2.75, 3.05) is 23.7 Å². The lowest BCUT2D eigenvalue weighted by atomic mass is 10.1. The molecule has 7 heteroatoms. The van der Waals surface area contributed by atoms with E-state index in [1.165, 1.54) is 5.56 Å². The Morgan fingerprint density at radius 3 is 2.26 bits per heavy atom. The molecule has 0 atom stereocenters. The summed E-state index contributed by atoms with van der Waals surface area (Å²) in [6.45, 7) is 6.59. The van der Waals surface area contributed by atoms with Crippen molar-refractivity contribution in [3.05, 3.63) is 96.1 Å². The van der Waals surface area contributed by atoms with Crippen LogP contribution < -0.4 is 10.6 Å². The van der Waals surface area contributed by atoms with Crippen LogP contribution in [-0.2, 0) is 11.2 Å². The lowest BCUT2D eigenvalue weighted by Gasteiger charge is -2.22. The summed E-state index contributed by atoms with van der Waals surface area (Å²) in [5, 5.41) is 10.7. The fraction of sp³-hybridized carbons (Fsp3) is 0.258. The minimum atomic E-state index is -0.296. The SMILES string of the molecule is CCCCN(CC(=O)Nc1cc(-c2ccccc2)nn1-c1ccc(C)cc1)C(=O)Nc1ccc(CC)cc1. The number of carbonyl (C=O) groups excluding carboxylic acids is 2. The lowest BCUT2D eigenvalue weighted by molar-refractivity contribution is -0.116. The first kappa shape index (κ1) is 26.7. The van der Waals surface area contributed by atoms with Crippen LogP contribution in [0.4, 0.5) is 16.3 Å². The van der Waals surface area contributed by atoms with Crippen molar-refractivity contribution in [2.45, 2.75) is 40.0 Å². The van der Waals surface area contributed by atoms with Gasteiger partial charge in [0.25, 0.3) is 0 Å². The van der Waals surface area contributed by atoms with Crippen molar-refractivity contribution < 1.29 is 9.59 Å². The highest BCUT2D eigenvalue weighted by atomic mass is 16.2. The molecule has 0 bridgehead atoms. The van der Waals surface area contributed by atoms with Crippen molar-refractivity contribution >= 4 is 23.4 Å². The lowest BCUT2D eigenvalue weighted by Crippen LogP contribution is -2.41. The number of carbonyl (C=O) groups is 2. The second-order valence-electron chi connectivity index (χ2n) is 9.33. The quantitative estimate of drug-likeness (QED) is 0.250. The molecule has 3 aromatic carbocycles. The first-order valence-electron chi connectivity index (χ1n) is 13.1. The minimum Gasteiger partial charge on any atom is -0.315 e. The molecule has 2 N–H and O–H groups in total. The molecule has 0 aliphatic carbocycles. The number of urea groups is 1. The van der Waals surface area contributed by atoms with Crippen molar-refractivity contribution in [3.63, 3.8) is 0 Å². The van der Waals surface area contributed by atoms with Crippen molar-refractivity contribution in [1.82, 2.24) is 14.7 Å². The number of aryl methyl sites for hydroxylation is 2. The summed E-state index contributed by atoms with van der Waals surface area (Å²) in [6.07, 6.45) is 2.65. The topological polar surface area (TPSA) is 79.3 Å². The Kier molecular flexibility index (Phi) is 8.93. The van der Waals surface area contributed by atoms with E-state index in [0.29, 0.717) is 18.1 Å². The van der Waals surface area contributed by atoms with E-state index in [1.54, 1.807) is 9.58 Å². The van der Waals surface area contributed by atoms with Crippen LogP contribution in [0.1, 0.15) is 37.8 Å². The maximum Gasteiger partial charge on any atom is 0.322 e. The van der Waals surface area contributed by atoms with Crippen LogP contribution in [-0.4, -0.2) is 39.7 Å². The zero-order valence-corrected chi connectivity index (χ0v) is 22.3. The van der Waals surface area contributed by atoms with E-state index in [2.05, 4.69) is 24.5 Å². The number of unbranched alkanes of at least 4 members (excludes halogenated alkanes) is 1. The Morgan fingerprint density at radius 1 is 0.895 bits per heavy atom. The molecule has 0 aliphatic heterocycles. The van der Waals surface area contributed by atoms with Crippen molar-refractivity contribution in [2.24, 2.45) is 0 Å². The maximum atomic E-state index is 13.2. The maximum absolute atomic E-state index is 13.2. The molecule has 7 nitrogen and oxygen atoms in total. The van der Waals surface area contributed by atoms with Gasteiger partial charge in [0, 0.05) is 23.9 Å². The predicted molar refractivity (Wildman–Crippen MR) is 154 cm³/mol. The second-order valence-corrected chi connectivity index (χ2v) is 9.33. The third kappa shape index (κ3) is 6.88. The highest BCUT2D eigenvalue weighted by molar-refractivity contribution is 5.97. The number of rotatable bonds is 10. The van der Waals surface area contributed by atoms with Crippen LogP contribution in [0.5, 0.6) is 0 Å². The molecular weight excluding hydrogens is 474 g/mol. The Balaban J connectivity index is 1.53. The number of anilines is 2. The minimum absolute atomic E-state index is 0.0708. The predicted octanol–water partition coefficient (Wildman–Crippen LogP) is 6.68. The van der Waals surface area contributed by atoms with Crippen LogP contribution in [0.15, 0.2) is 84.9 Å². The summed E-state index contributed by atoms with van der Waals surface area (Å²) >= 11 is 0. The van der Waals surface area contributed by atoms with Gasteiger partial charge in [-0.15, -0.1) is 0 Å². The largest absolute Gasteiger partial charge is 0.322 e. The molecule has 0 spiro atoms. The van der Waals surface area contributed by atoms with Crippen molar-refractivity contribution in [3.8, 4) is 16.9 Å². The molecule has 1 heterocycles.